The first kappa shape index (κ1) is 16.8. The van der Waals surface area contributed by atoms with Gasteiger partial charge in [-0.15, -0.1) is 0 Å². The zero-order chi connectivity index (χ0) is 16.4. The molecule has 1 saturated heterocycles. The standard InChI is InChI=1S/C19H26ClNO2/c1-21-11-7-14(8-12-21)16-6-5-15(13-17(16)20)19(18(22)23)9-3-2-4-10-19/h5-6,13-14H,2-4,7-12H2,1H3,(H,22,23). The lowest BCUT2D eigenvalue weighted by molar-refractivity contribution is -0.145. The number of piperidine rings is 1. The number of hydrogen-bond acceptors (Lipinski definition) is 2. The van der Waals surface area contributed by atoms with E-state index in [9.17, 15) is 9.90 Å². The zero-order valence-electron chi connectivity index (χ0n) is 13.9. The van der Waals surface area contributed by atoms with Gasteiger partial charge in [0, 0.05) is 5.02 Å². The molecule has 0 radical (unpaired) electrons. The molecule has 1 aliphatic heterocycles. The molecule has 2 fully saturated rings. The van der Waals surface area contributed by atoms with E-state index in [1.807, 2.05) is 12.1 Å². The van der Waals surface area contributed by atoms with Gasteiger partial charge in [0.1, 0.15) is 0 Å². The first-order chi connectivity index (χ1) is 11.0. The Morgan fingerprint density at radius 2 is 1.87 bits per heavy atom. The summed E-state index contributed by atoms with van der Waals surface area (Å²) in [4.78, 5) is 14.3. The van der Waals surface area contributed by atoms with Gasteiger partial charge in [0.2, 0.25) is 0 Å². The Kier molecular flexibility index (Phi) is 4.98. The van der Waals surface area contributed by atoms with E-state index in [-0.39, 0.29) is 0 Å². The number of hydrogen-bond donors (Lipinski definition) is 1. The second-order valence-electron chi connectivity index (χ2n) is 7.26. The van der Waals surface area contributed by atoms with Crippen molar-refractivity contribution in [2.45, 2.75) is 56.3 Å². The molecule has 0 spiro atoms. The molecule has 1 aromatic rings. The summed E-state index contributed by atoms with van der Waals surface area (Å²) >= 11 is 6.58. The minimum absolute atomic E-state index is 0.500. The van der Waals surface area contributed by atoms with Crippen molar-refractivity contribution in [2.24, 2.45) is 0 Å². The Balaban J connectivity index is 1.87. The first-order valence-electron chi connectivity index (χ1n) is 8.75. The van der Waals surface area contributed by atoms with Crippen molar-refractivity contribution in [3.63, 3.8) is 0 Å². The lowest BCUT2D eigenvalue weighted by Gasteiger charge is -2.34. The van der Waals surface area contributed by atoms with Crippen LogP contribution in [-0.4, -0.2) is 36.1 Å². The Morgan fingerprint density at radius 1 is 1.22 bits per heavy atom. The van der Waals surface area contributed by atoms with Crippen LogP contribution < -0.4 is 0 Å². The number of carboxylic acids is 1. The zero-order valence-corrected chi connectivity index (χ0v) is 14.6. The van der Waals surface area contributed by atoms with Crippen LogP contribution in [-0.2, 0) is 10.2 Å². The van der Waals surface area contributed by atoms with E-state index in [1.54, 1.807) is 0 Å². The van der Waals surface area contributed by atoms with Gasteiger partial charge in [-0.3, -0.25) is 4.79 Å². The average molecular weight is 336 g/mol. The van der Waals surface area contributed by atoms with E-state index in [0.29, 0.717) is 5.92 Å². The molecular formula is C19H26ClNO2. The molecule has 1 aromatic carbocycles. The minimum Gasteiger partial charge on any atom is -0.481 e. The van der Waals surface area contributed by atoms with Crippen molar-refractivity contribution < 1.29 is 9.90 Å². The SMILES string of the molecule is CN1CCC(c2ccc(C3(C(=O)O)CCCCC3)cc2Cl)CC1. The van der Waals surface area contributed by atoms with Crippen molar-refractivity contribution in [1.82, 2.24) is 4.90 Å². The van der Waals surface area contributed by atoms with Crippen LogP contribution >= 0.6 is 11.6 Å². The van der Waals surface area contributed by atoms with Crippen LogP contribution in [0.1, 0.15) is 62.0 Å². The van der Waals surface area contributed by atoms with Gasteiger partial charge < -0.3 is 10.0 Å². The summed E-state index contributed by atoms with van der Waals surface area (Å²) in [6.07, 6.45) is 6.81. The quantitative estimate of drug-likeness (QED) is 0.888. The number of nitrogens with zero attached hydrogens (tertiary/aromatic N) is 1. The van der Waals surface area contributed by atoms with Crippen LogP contribution in [0, 0.1) is 0 Å². The highest BCUT2D eigenvalue weighted by atomic mass is 35.5. The summed E-state index contributed by atoms with van der Waals surface area (Å²) < 4.78 is 0. The fraction of sp³-hybridized carbons (Fsp3) is 0.632. The number of likely N-dealkylation sites (tertiary alicyclic amines) is 1. The van der Waals surface area contributed by atoms with E-state index in [1.165, 1.54) is 5.56 Å². The lowest BCUT2D eigenvalue weighted by atomic mass is 9.69. The highest BCUT2D eigenvalue weighted by molar-refractivity contribution is 6.31. The molecule has 0 atom stereocenters. The van der Waals surface area contributed by atoms with Gasteiger partial charge in [0.05, 0.1) is 5.41 Å². The largest absolute Gasteiger partial charge is 0.481 e. The molecule has 0 amide bonds. The molecule has 1 saturated carbocycles. The van der Waals surface area contributed by atoms with Crippen LogP contribution in [0.15, 0.2) is 18.2 Å². The number of benzene rings is 1. The molecule has 3 nitrogen and oxygen atoms in total. The second-order valence-corrected chi connectivity index (χ2v) is 7.67. The molecule has 1 N–H and O–H groups in total. The summed E-state index contributed by atoms with van der Waals surface area (Å²) in [6, 6.07) is 6.06. The maximum absolute atomic E-state index is 12.0. The molecule has 3 rings (SSSR count). The van der Waals surface area contributed by atoms with Gasteiger partial charge in [0.15, 0.2) is 0 Å². The fourth-order valence-corrected chi connectivity index (χ4v) is 4.59. The van der Waals surface area contributed by atoms with Gasteiger partial charge >= 0.3 is 5.97 Å². The van der Waals surface area contributed by atoms with Crippen LogP contribution in [0.2, 0.25) is 5.02 Å². The predicted molar refractivity (Wildman–Crippen MR) is 93.3 cm³/mol. The normalized spacial score (nSPS) is 22.9. The number of carboxylic acid groups (broad SMARTS) is 1. The van der Waals surface area contributed by atoms with Gasteiger partial charge in [-0.2, -0.15) is 0 Å². The Hall–Kier alpha value is -1.06. The van der Waals surface area contributed by atoms with Crippen LogP contribution in [0.5, 0.6) is 0 Å². The van der Waals surface area contributed by atoms with Gasteiger partial charge in [-0.25, -0.2) is 0 Å². The highest BCUT2D eigenvalue weighted by Crippen LogP contribution is 2.42. The maximum Gasteiger partial charge on any atom is 0.314 e. The monoisotopic (exact) mass is 335 g/mol. The molecule has 2 aliphatic rings. The van der Waals surface area contributed by atoms with E-state index in [4.69, 9.17) is 11.6 Å². The molecule has 0 aromatic heterocycles. The Labute approximate surface area is 143 Å². The molecular weight excluding hydrogens is 310 g/mol. The minimum atomic E-state index is -0.729. The fourth-order valence-electron chi connectivity index (χ4n) is 4.26. The van der Waals surface area contributed by atoms with E-state index >= 15 is 0 Å². The second kappa shape index (κ2) is 6.82. The number of rotatable bonds is 3. The average Bonchev–Trinajstić information content (AvgIpc) is 2.56. The third-order valence-corrected chi connectivity index (χ3v) is 6.16. The molecule has 1 aliphatic carbocycles. The first-order valence-corrected chi connectivity index (χ1v) is 9.12. The predicted octanol–water partition coefficient (Wildman–Crippen LogP) is 4.44. The van der Waals surface area contributed by atoms with Gasteiger partial charge in [0.25, 0.3) is 0 Å². The summed E-state index contributed by atoms with van der Waals surface area (Å²) in [5, 5.41) is 10.6. The lowest BCUT2D eigenvalue weighted by Crippen LogP contribution is -2.37. The number of carbonyl (C=O) groups is 1. The van der Waals surface area contributed by atoms with Gasteiger partial charge in [-0.05, 0) is 68.9 Å². The van der Waals surface area contributed by atoms with E-state index < -0.39 is 11.4 Å². The van der Waals surface area contributed by atoms with Crippen molar-refractivity contribution in [3.8, 4) is 0 Å². The Morgan fingerprint density at radius 3 is 2.43 bits per heavy atom. The van der Waals surface area contributed by atoms with Crippen LogP contribution in [0.25, 0.3) is 0 Å². The Bertz CT molecular complexity index is 573. The smallest absolute Gasteiger partial charge is 0.314 e. The summed E-state index contributed by atoms with van der Waals surface area (Å²) in [5.41, 5.74) is 1.36. The van der Waals surface area contributed by atoms with E-state index in [0.717, 1.165) is 68.6 Å². The van der Waals surface area contributed by atoms with Crippen molar-refractivity contribution in [2.75, 3.05) is 20.1 Å². The summed E-state index contributed by atoms with van der Waals surface area (Å²) in [7, 11) is 2.15. The molecule has 0 bridgehead atoms. The van der Waals surface area contributed by atoms with Crippen molar-refractivity contribution >= 4 is 17.6 Å². The molecule has 0 unspecified atom stereocenters. The molecule has 23 heavy (non-hydrogen) atoms. The topological polar surface area (TPSA) is 40.5 Å². The van der Waals surface area contributed by atoms with Crippen LogP contribution in [0.4, 0.5) is 0 Å². The van der Waals surface area contributed by atoms with Gasteiger partial charge in [-0.1, -0.05) is 43.0 Å². The summed E-state index contributed by atoms with van der Waals surface area (Å²) in [6.45, 7) is 2.20. The molecule has 4 heteroatoms. The third kappa shape index (κ3) is 3.27. The maximum atomic E-state index is 12.0. The molecule has 126 valence electrons. The number of halogens is 1. The highest BCUT2D eigenvalue weighted by Gasteiger charge is 2.41. The van der Waals surface area contributed by atoms with Crippen molar-refractivity contribution in [1.29, 1.82) is 0 Å². The summed E-state index contributed by atoms with van der Waals surface area (Å²) in [5.74, 6) is -0.194. The van der Waals surface area contributed by atoms with Crippen molar-refractivity contribution in [3.05, 3.63) is 34.3 Å². The van der Waals surface area contributed by atoms with E-state index in [2.05, 4.69) is 18.0 Å². The van der Waals surface area contributed by atoms with Crippen LogP contribution in [0.3, 0.4) is 0 Å². The third-order valence-electron chi connectivity index (χ3n) is 5.83. The number of aliphatic carboxylic acids is 1. The molecule has 1 heterocycles.